The summed E-state index contributed by atoms with van der Waals surface area (Å²) >= 11 is 0. The third kappa shape index (κ3) is 2.85. The number of benzene rings is 3. The molecule has 0 saturated heterocycles. The number of nitrogens with zero attached hydrogens (tertiary/aromatic N) is 6. The zero-order valence-electron chi connectivity index (χ0n) is 20.2. The summed E-state index contributed by atoms with van der Waals surface area (Å²) in [6, 6.07) is 24.0. The molecule has 0 bridgehead atoms. The Morgan fingerprint density at radius 3 is 1.69 bits per heavy atom. The Hall–Kier alpha value is -5.63. The van der Waals surface area contributed by atoms with Crippen molar-refractivity contribution in [1.29, 1.82) is 0 Å². The highest BCUT2D eigenvalue weighted by Crippen LogP contribution is 2.53. The van der Waals surface area contributed by atoms with Gasteiger partial charge in [-0.2, -0.15) is 0 Å². The molecule has 0 radical (unpaired) electrons. The van der Waals surface area contributed by atoms with Crippen LogP contribution in [0.1, 0.15) is 0 Å². The number of aromatic nitrogens is 6. The van der Waals surface area contributed by atoms with Gasteiger partial charge in [-0.1, -0.05) is 60.7 Å². The van der Waals surface area contributed by atoms with Gasteiger partial charge in [-0.3, -0.25) is 14.5 Å². The second-order valence-corrected chi connectivity index (χ2v) is 9.47. The topological polar surface area (TPSA) is 87.8 Å². The summed E-state index contributed by atoms with van der Waals surface area (Å²) in [6.45, 7) is 0. The fraction of sp³-hybridized carbons (Fsp3) is 0. The molecule has 0 atom stereocenters. The SMILES string of the molecule is c1ccc(-c2nc(-c3ccccc3)nc(-c3cc4c5c(c3)c3cncc6c3n5-c3c(cncc3O4)O6)n2)cc1. The van der Waals surface area contributed by atoms with Crippen molar-refractivity contribution in [2.24, 2.45) is 0 Å². The first-order valence-corrected chi connectivity index (χ1v) is 12.5. The molecule has 0 fully saturated rings. The molecule has 8 heteroatoms. The first-order valence-electron chi connectivity index (χ1n) is 12.5. The van der Waals surface area contributed by atoms with Crippen LogP contribution in [-0.4, -0.2) is 29.5 Å². The van der Waals surface area contributed by atoms with Crippen molar-refractivity contribution in [1.82, 2.24) is 29.5 Å². The number of hydrogen-bond acceptors (Lipinski definition) is 7. The monoisotopic (exact) mass is 504 g/mol. The highest BCUT2D eigenvalue weighted by atomic mass is 16.5. The Bertz CT molecular complexity index is 2070. The molecule has 0 amide bonds. The van der Waals surface area contributed by atoms with Crippen LogP contribution in [0.4, 0.5) is 0 Å². The molecule has 6 heterocycles. The largest absolute Gasteiger partial charge is 0.451 e. The standard InChI is InChI=1S/C31H16N6O2/c1-3-7-17(8-4-1)29-34-30(18-9-5-2-6-10-18)36-31(35-29)19-11-20-21-13-32-14-23-27(21)37-26(20)22(12-19)38-24-15-33-16-25(39-23)28(24)37/h1-16H. The predicted octanol–water partition coefficient (Wildman–Crippen LogP) is 6.97. The van der Waals surface area contributed by atoms with Gasteiger partial charge in [0.2, 0.25) is 0 Å². The van der Waals surface area contributed by atoms with Crippen LogP contribution in [0.3, 0.4) is 0 Å². The maximum atomic E-state index is 6.43. The van der Waals surface area contributed by atoms with Crippen molar-refractivity contribution in [3.8, 4) is 62.8 Å². The number of fused-ring (bicyclic) bond motifs is 1. The molecule has 2 aliphatic heterocycles. The molecule has 0 unspecified atom stereocenters. The summed E-state index contributed by atoms with van der Waals surface area (Å²) in [4.78, 5) is 23.5. The zero-order chi connectivity index (χ0) is 25.5. The van der Waals surface area contributed by atoms with Gasteiger partial charge in [0.1, 0.15) is 11.2 Å². The molecule has 2 aliphatic rings. The van der Waals surface area contributed by atoms with Crippen LogP contribution < -0.4 is 9.47 Å². The molecule has 7 aromatic rings. The molecular formula is C31H16N6O2. The Balaban J connectivity index is 1.35. The molecule has 0 saturated carbocycles. The van der Waals surface area contributed by atoms with Crippen LogP contribution in [0.2, 0.25) is 0 Å². The summed E-state index contributed by atoms with van der Waals surface area (Å²) in [6.07, 6.45) is 7.02. The summed E-state index contributed by atoms with van der Waals surface area (Å²) in [7, 11) is 0. The lowest BCUT2D eigenvalue weighted by Crippen LogP contribution is -2.10. The van der Waals surface area contributed by atoms with Crippen LogP contribution in [0.25, 0.3) is 61.7 Å². The first kappa shape index (κ1) is 20.4. The molecule has 8 nitrogen and oxygen atoms in total. The van der Waals surface area contributed by atoms with Crippen molar-refractivity contribution in [2.45, 2.75) is 0 Å². The van der Waals surface area contributed by atoms with E-state index in [2.05, 4.69) is 20.6 Å². The van der Waals surface area contributed by atoms with Crippen LogP contribution in [-0.2, 0) is 0 Å². The summed E-state index contributed by atoms with van der Waals surface area (Å²) in [5.41, 5.74) is 5.39. The number of hydrogen-bond donors (Lipinski definition) is 0. The van der Waals surface area contributed by atoms with E-state index < -0.39 is 0 Å². The van der Waals surface area contributed by atoms with Crippen molar-refractivity contribution in [2.75, 3.05) is 0 Å². The van der Waals surface area contributed by atoms with E-state index in [9.17, 15) is 0 Å². The van der Waals surface area contributed by atoms with Crippen molar-refractivity contribution in [3.63, 3.8) is 0 Å². The lowest BCUT2D eigenvalue weighted by atomic mass is 10.1. The van der Waals surface area contributed by atoms with Crippen LogP contribution >= 0.6 is 0 Å². The van der Waals surface area contributed by atoms with E-state index in [0.717, 1.165) is 44.2 Å². The second kappa shape index (κ2) is 7.45. The predicted molar refractivity (Wildman–Crippen MR) is 146 cm³/mol. The van der Waals surface area contributed by atoms with E-state index in [1.165, 1.54) is 0 Å². The minimum atomic E-state index is 0.554. The van der Waals surface area contributed by atoms with Crippen LogP contribution in [0.5, 0.6) is 23.0 Å². The smallest absolute Gasteiger partial charge is 0.173 e. The highest BCUT2D eigenvalue weighted by molar-refractivity contribution is 6.15. The molecule has 4 aromatic heterocycles. The van der Waals surface area contributed by atoms with Crippen LogP contribution in [0.15, 0.2) is 97.6 Å². The summed E-state index contributed by atoms with van der Waals surface area (Å²) in [5, 5.41) is 1.94. The Kier molecular flexibility index (Phi) is 3.90. The minimum Gasteiger partial charge on any atom is -0.451 e. The van der Waals surface area contributed by atoms with E-state index >= 15 is 0 Å². The molecular weight excluding hydrogens is 488 g/mol. The third-order valence-electron chi connectivity index (χ3n) is 7.17. The first-order chi connectivity index (χ1) is 19.3. The Morgan fingerprint density at radius 1 is 0.487 bits per heavy atom. The fourth-order valence-electron chi connectivity index (χ4n) is 5.48. The van der Waals surface area contributed by atoms with Gasteiger partial charge in [-0.25, -0.2) is 15.0 Å². The van der Waals surface area contributed by atoms with Gasteiger partial charge in [0.05, 0.1) is 24.1 Å². The van der Waals surface area contributed by atoms with E-state index in [1.807, 2.05) is 72.9 Å². The van der Waals surface area contributed by atoms with Crippen molar-refractivity contribution in [3.05, 3.63) is 97.6 Å². The summed E-state index contributed by atoms with van der Waals surface area (Å²) in [5.74, 6) is 4.40. The van der Waals surface area contributed by atoms with E-state index in [4.69, 9.17) is 24.4 Å². The molecule has 0 aliphatic carbocycles. The zero-order valence-corrected chi connectivity index (χ0v) is 20.2. The second-order valence-electron chi connectivity index (χ2n) is 9.47. The van der Waals surface area contributed by atoms with Gasteiger partial charge in [-0.15, -0.1) is 0 Å². The van der Waals surface area contributed by atoms with Crippen molar-refractivity contribution >= 4 is 21.8 Å². The molecule has 0 spiro atoms. The highest BCUT2D eigenvalue weighted by Gasteiger charge is 2.33. The van der Waals surface area contributed by atoms with Gasteiger partial charge in [0.25, 0.3) is 0 Å². The fourth-order valence-corrected chi connectivity index (χ4v) is 5.48. The quantitative estimate of drug-likeness (QED) is 0.257. The van der Waals surface area contributed by atoms with E-state index in [-0.39, 0.29) is 0 Å². The van der Waals surface area contributed by atoms with Gasteiger partial charge in [0.15, 0.2) is 40.5 Å². The maximum absolute atomic E-state index is 6.43. The molecule has 0 N–H and O–H groups in total. The van der Waals surface area contributed by atoms with Crippen LogP contribution in [0, 0.1) is 0 Å². The lowest BCUT2D eigenvalue weighted by Gasteiger charge is -2.26. The van der Waals surface area contributed by atoms with Crippen molar-refractivity contribution < 1.29 is 9.47 Å². The van der Waals surface area contributed by atoms with Gasteiger partial charge < -0.3 is 9.47 Å². The summed E-state index contributed by atoms with van der Waals surface area (Å²) < 4.78 is 14.8. The van der Waals surface area contributed by atoms with Gasteiger partial charge in [-0.05, 0) is 12.1 Å². The molecule has 182 valence electrons. The van der Waals surface area contributed by atoms with Gasteiger partial charge >= 0.3 is 0 Å². The lowest BCUT2D eigenvalue weighted by molar-refractivity contribution is 0.439. The Labute approximate surface area is 221 Å². The van der Waals surface area contributed by atoms with Gasteiger partial charge in [0, 0.05) is 33.7 Å². The maximum Gasteiger partial charge on any atom is 0.173 e. The molecule has 3 aromatic carbocycles. The average molecular weight is 505 g/mol. The minimum absolute atomic E-state index is 0.554. The van der Waals surface area contributed by atoms with E-state index in [1.54, 1.807) is 18.6 Å². The third-order valence-corrected chi connectivity index (χ3v) is 7.17. The normalized spacial score (nSPS) is 12.5. The number of pyridine rings is 2. The Morgan fingerprint density at radius 2 is 1.03 bits per heavy atom. The molecule has 39 heavy (non-hydrogen) atoms. The average Bonchev–Trinajstić information content (AvgIpc) is 3.34. The number of ether oxygens (including phenoxy) is 2. The molecule has 9 rings (SSSR count). The number of rotatable bonds is 3. The van der Waals surface area contributed by atoms with E-state index in [0.29, 0.717) is 40.5 Å².